The molecule has 0 radical (unpaired) electrons. The number of H-pyrrole nitrogens is 1. The Morgan fingerprint density at radius 2 is 1.65 bits per heavy atom. The zero-order chi connectivity index (χ0) is 22.6. The summed E-state index contributed by atoms with van der Waals surface area (Å²) in [5.74, 6) is -0.578. The first-order valence-corrected chi connectivity index (χ1v) is 8.96. The Bertz CT molecular complexity index is 1280. The second-order valence-electron chi connectivity index (χ2n) is 6.56. The molecule has 0 amide bonds. The summed E-state index contributed by atoms with van der Waals surface area (Å²) >= 11 is 5.99. The first-order chi connectivity index (χ1) is 14.4. The number of pyridine rings is 1. The van der Waals surface area contributed by atoms with Gasteiger partial charge in [0.2, 0.25) is 0 Å². The van der Waals surface area contributed by atoms with E-state index < -0.39 is 29.1 Å². The van der Waals surface area contributed by atoms with E-state index in [9.17, 15) is 26.3 Å². The maximum absolute atomic E-state index is 13.7. The SMILES string of the molecule is Cc1ccc(-c2nc(C(F)(F)F)c3[nH]c(-c4cc(C(F)(F)F)ccc4Cl)nc3n2)cn1. The molecule has 31 heavy (non-hydrogen) atoms. The van der Waals surface area contributed by atoms with Gasteiger partial charge in [0.25, 0.3) is 0 Å². The minimum absolute atomic E-state index is 0.128. The number of imidazole rings is 1. The van der Waals surface area contributed by atoms with Crippen molar-refractivity contribution < 1.29 is 26.3 Å². The molecule has 1 aromatic carbocycles. The van der Waals surface area contributed by atoms with Crippen LogP contribution in [0.2, 0.25) is 5.02 Å². The fraction of sp³-hybridized carbons (Fsp3) is 0.158. The van der Waals surface area contributed by atoms with Crippen LogP contribution < -0.4 is 0 Å². The Hall–Kier alpha value is -3.21. The van der Waals surface area contributed by atoms with E-state index >= 15 is 0 Å². The summed E-state index contributed by atoms with van der Waals surface area (Å²) in [6, 6.07) is 5.53. The molecule has 5 nitrogen and oxygen atoms in total. The highest BCUT2D eigenvalue weighted by molar-refractivity contribution is 6.33. The van der Waals surface area contributed by atoms with Crippen molar-refractivity contribution in [3.05, 3.63) is 58.5 Å². The Kier molecular flexibility index (Phi) is 4.88. The topological polar surface area (TPSA) is 67.3 Å². The van der Waals surface area contributed by atoms with Crippen LogP contribution in [0.1, 0.15) is 17.0 Å². The summed E-state index contributed by atoms with van der Waals surface area (Å²) in [6.45, 7) is 1.70. The third-order valence-electron chi connectivity index (χ3n) is 4.34. The number of nitrogens with zero attached hydrogens (tertiary/aromatic N) is 4. The number of hydrogen-bond donors (Lipinski definition) is 1. The number of alkyl halides is 6. The molecular weight excluding hydrogens is 448 g/mol. The van der Waals surface area contributed by atoms with Gasteiger partial charge in [-0.2, -0.15) is 26.3 Å². The Morgan fingerprint density at radius 1 is 0.903 bits per heavy atom. The van der Waals surface area contributed by atoms with Gasteiger partial charge in [-0.3, -0.25) is 4.98 Å². The molecule has 0 aliphatic heterocycles. The van der Waals surface area contributed by atoms with E-state index in [4.69, 9.17) is 11.6 Å². The summed E-state index contributed by atoms with van der Waals surface area (Å²) in [4.78, 5) is 18.0. The standard InChI is InChI=1S/C19H10ClF6N5/c1-8-2-3-9(7-27-8)15-29-14(19(24,25)26)13-17(30-15)31-16(28-13)11-6-10(18(21,22)23)4-5-12(11)20/h2-7H,1H3,(H,28,29,30,31). The number of nitrogens with one attached hydrogen (secondary N) is 1. The minimum atomic E-state index is -4.88. The Labute approximate surface area is 175 Å². The normalized spacial score (nSPS) is 12.5. The summed E-state index contributed by atoms with van der Waals surface area (Å²) < 4.78 is 80.2. The largest absolute Gasteiger partial charge is 0.435 e. The van der Waals surface area contributed by atoms with Gasteiger partial charge in [-0.15, -0.1) is 0 Å². The van der Waals surface area contributed by atoms with E-state index in [1.807, 2.05) is 0 Å². The lowest BCUT2D eigenvalue weighted by Gasteiger charge is -2.09. The van der Waals surface area contributed by atoms with Gasteiger partial charge in [0.1, 0.15) is 11.3 Å². The van der Waals surface area contributed by atoms with Gasteiger partial charge in [0.15, 0.2) is 17.2 Å². The van der Waals surface area contributed by atoms with Gasteiger partial charge in [-0.25, -0.2) is 15.0 Å². The maximum atomic E-state index is 13.7. The zero-order valence-corrected chi connectivity index (χ0v) is 16.2. The molecule has 0 saturated heterocycles. The highest BCUT2D eigenvalue weighted by atomic mass is 35.5. The average Bonchev–Trinajstić information content (AvgIpc) is 3.10. The number of aromatic amines is 1. The van der Waals surface area contributed by atoms with Crippen LogP contribution in [0, 0.1) is 6.92 Å². The van der Waals surface area contributed by atoms with Gasteiger partial charge in [-0.05, 0) is 37.3 Å². The zero-order valence-electron chi connectivity index (χ0n) is 15.4. The molecule has 0 atom stereocenters. The molecule has 0 spiro atoms. The summed E-state index contributed by atoms with van der Waals surface area (Å²) in [7, 11) is 0. The molecule has 4 rings (SSSR count). The molecule has 4 aromatic rings. The van der Waals surface area contributed by atoms with Crippen molar-refractivity contribution in [2.75, 3.05) is 0 Å². The van der Waals surface area contributed by atoms with Crippen molar-refractivity contribution in [3.63, 3.8) is 0 Å². The van der Waals surface area contributed by atoms with Crippen LogP contribution in [0.25, 0.3) is 33.9 Å². The fourth-order valence-electron chi connectivity index (χ4n) is 2.84. The number of halogens is 7. The molecule has 0 aliphatic carbocycles. The Morgan fingerprint density at radius 3 is 2.26 bits per heavy atom. The third kappa shape index (κ3) is 4.05. The van der Waals surface area contributed by atoms with Crippen LogP contribution in [0.5, 0.6) is 0 Å². The lowest BCUT2D eigenvalue weighted by molar-refractivity contribution is -0.140. The molecule has 0 fully saturated rings. The highest BCUT2D eigenvalue weighted by Gasteiger charge is 2.37. The molecular formula is C19H10ClF6N5. The number of benzene rings is 1. The summed E-state index contributed by atoms with van der Waals surface area (Å²) in [5.41, 5.74) is -2.64. The lowest BCUT2D eigenvalue weighted by Crippen LogP contribution is -2.11. The van der Waals surface area contributed by atoms with Crippen molar-refractivity contribution >= 4 is 22.8 Å². The molecule has 0 saturated carbocycles. The Balaban J connectivity index is 1.94. The molecule has 3 heterocycles. The predicted molar refractivity (Wildman–Crippen MR) is 100 cm³/mol. The van der Waals surface area contributed by atoms with E-state index in [2.05, 4.69) is 24.9 Å². The number of aryl methyl sites for hydroxylation is 1. The van der Waals surface area contributed by atoms with Gasteiger partial charge in [0, 0.05) is 23.0 Å². The summed E-state index contributed by atoms with van der Waals surface area (Å²) in [5, 5.41) is -0.128. The molecule has 0 aliphatic rings. The lowest BCUT2D eigenvalue weighted by atomic mass is 10.1. The quantitative estimate of drug-likeness (QED) is 0.370. The van der Waals surface area contributed by atoms with Gasteiger partial charge >= 0.3 is 12.4 Å². The van der Waals surface area contributed by atoms with Crippen molar-refractivity contribution in [2.24, 2.45) is 0 Å². The van der Waals surface area contributed by atoms with Gasteiger partial charge < -0.3 is 4.98 Å². The minimum Gasteiger partial charge on any atom is -0.335 e. The highest BCUT2D eigenvalue weighted by Crippen LogP contribution is 2.38. The number of hydrogen-bond acceptors (Lipinski definition) is 4. The van der Waals surface area contributed by atoms with Crippen molar-refractivity contribution in [1.29, 1.82) is 0 Å². The van der Waals surface area contributed by atoms with E-state index in [1.165, 1.54) is 12.3 Å². The monoisotopic (exact) mass is 457 g/mol. The number of aromatic nitrogens is 5. The maximum Gasteiger partial charge on any atom is 0.435 e. The third-order valence-corrected chi connectivity index (χ3v) is 4.67. The summed E-state index contributed by atoms with van der Waals surface area (Å²) in [6.07, 6.45) is -8.24. The smallest absolute Gasteiger partial charge is 0.335 e. The van der Waals surface area contributed by atoms with Crippen LogP contribution in [0.4, 0.5) is 26.3 Å². The second-order valence-corrected chi connectivity index (χ2v) is 6.97. The molecule has 160 valence electrons. The van der Waals surface area contributed by atoms with E-state index in [1.54, 1.807) is 13.0 Å². The first-order valence-electron chi connectivity index (χ1n) is 8.58. The van der Waals surface area contributed by atoms with Crippen LogP contribution in [0.15, 0.2) is 36.5 Å². The van der Waals surface area contributed by atoms with Crippen molar-refractivity contribution in [3.8, 4) is 22.8 Å². The molecule has 0 bridgehead atoms. The molecule has 12 heteroatoms. The number of rotatable bonds is 2. The van der Waals surface area contributed by atoms with Crippen molar-refractivity contribution in [1.82, 2.24) is 24.9 Å². The van der Waals surface area contributed by atoms with Gasteiger partial charge in [-0.1, -0.05) is 11.6 Å². The molecule has 1 N–H and O–H groups in total. The molecule has 0 unspecified atom stereocenters. The predicted octanol–water partition coefficient (Wildman–Crippen LogP) is 6.08. The fourth-order valence-corrected chi connectivity index (χ4v) is 3.05. The molecule has 3 aromatic heterocycles. The van der Waals surface area contributed by atoms with Crippen LogP contribution in [-0.2, 0) is 12.4 Å². The average molecular weight is 458 g/mol. The van der Waals surface area contributed by atoms with Crippen molar-refractivity contribution in [2.45, 2.75) is 19.3 Å². The van der Waals surface area contributed by atoms with Crippen LogP contribution in [0.3, 0.4) is 0 Å². The van der Waals surface area contributed by atoms with E-state index in [0.29, 0.717) is 11.8 Å². The van der Waals surface area contributed by atoms with Gasteiger partial charge in [0.05, 0.1) is 10.6 Å². The van der Waals surface area contributed by atoms with E-state index in [0.717, 1.165) is 12.1 Å². The van der Waals surface area contributed by atoms with Crippen LogP contribution in [-0.4, -0.2) is 24.9 Å². The number of fused-ring (bicyclic) bond motifs is 1. The second kappa shape index (κ2) is 7.19. The van der Waals surface area contributed by atoms with E-state index in [-0.39, 0.29) is 33.4 Å². The van der Waals surface area contributed by atoms with Crippen LogP contribution >= 0.6 is 11.6 Å². The first kappa shape index (κ1) is 21.0.